The Morgan fingerprint density at radius 2 is 2.00 bits per heavy atom. The lowest BCUT2D eigenvalue weighted by atomic mass is 10.1. The van der Waals surface area contributed by atoms with E-state index in [1.807, 2.05) is 6.92 Å². The van der Waals surface area contributed by atoms with Crippen molar-refractivity contribution in [3.63, 3.8) is 0 Å². The van der Waals surface area contributed by atoms with Gasteiger partial charge in [-0.25, -0.2) is 4.98 Å². The maximum absolute atomic E-state index is 12.8. The monoisotopic (exact) mass is 326 g/mol. The van der Waals surface area contributed by atoms with E-state index >= 15 is 0 Å². The third kappa shape index (κ3) is 3.52. The molecular formula is C15H13Cl2FN2O. The molecule has 1 atom stereocenters. The highest BCUT2D eigenvalue weighted by molar-refractivity contribution is 6.35. The average molecular weight is 327 g/mol. The van der Waals surface area contributed by atoms with Crippen molar-refractivity contribution in [3.8, 4) is 0 Å². The van der Waals surface area contributed by atoms with Crippen molar-refractivity contribution in [2.75, 3.05) is 7.05 Å². The Morgan fingerprint density at radius 1 is 1.29 bits per heavy atom. The molecule has 1 aromatic heterocycles. The molecule has 0 aliphatic rings. The molecule has 3 nitrogen and oxygen atoms in total. The van der Waals surface area contributed by atoms with Crippen LogP contribution in [0.15, 0.2) is 36.5 Å². The molecule has 0 bridgehead atoms. The van der Waals surface area contributed by atoms with Crippen LogP contribution in [0.3, 0.4) is 0 Å². The summed E-state index contributed by atoms with van der Waals surface area (Å²) >= 11 is 12.0. The van der Waals surface area contributed by atoms with Gasteiger partial charge in [0.15, 0.2) is 0 Å². The lowest BCUT2D eigenvalue weighted by molar-refractivity contribution is 0.0742. The first-order chi connectivity index (χ1) is 9.90. The second kappa shape index (κ2) is 6.41. The van der Waals surface area contributed by atoms with Gasteiger partial charge in [0.25, 0.3) is 5.91 Å². The SMILES string of the molecule is CC(c1ccc(Cl)cc1Cl)N(C)C(=O)c1ccc(F)nc1. The summed E-state index contributed by atoms with van der Waals surface area (Å²) < 4.78 is 12.8. The van der Waals surface area contributed by atoms with Gasteiger partial charge in [0.05, 0.1) is 11.6 Å². The summed E-state index contributed by atoms with van der Waals surface area (Å²) in [5, 5.41) is 1.03. The minimum atomic E-state index is -0.622. The maximum atomic E-state index is 12.8. The van der Waals surface area contributed by atoms with E-state index in [-0.39, 0.29) is 11.9 Å². The third-order valence-corrected chi connectivity index (χ3v) is 3.85. The third-order valence-electron chi connectivity index (χ3n) is 3.29. The molecule has 0 radical (unpaired) electrons. The van der Waals surface area contributed by atoms with E-state index in [1.54, 1.807) is 25.2 Å². The zero-order valence-corrected chi connectivity index (χ0v) is 13.0. The molecule has 2 rings (SSSR count). The molecule has 0 saturated carbocycles. The van der Waals surface area contributed by atoms with Gasteiger partial charge in [0.1, 0.15) is 0 Å². The van der Waals surface area contributed by atoms with E-state index in [0.29, 0.717) is 15.6 Å². The lowest BCUT2D eigenvalue weighted by Crippen LogP contribution is -2.30. The zero-order valence-electron chi connectivity index (χ0n) is 11.5. The van der Waals surface area contributed by atoms with Gasteiger partial charge in [-0.05, 0) is 36.8 Å². The van der Waals surface area contributed by atoms with Gasteiger partial charge in [-0.3, -0.25) is 4.79 Å². The second-order valence-electron chi connectivity index (χ2n) is 4.63. The second-order valence-corrected chi connectivity index (χ2v) is 5.47. The van der Waals surface area contributed by atoms with E-state index in [1.165, 1.54) is 17.2 Å². The van der Waals surface area contributed by atoms with E-state index in [2.05, 4.69) is 4.98 Å². The van der Waals surface area contributed by atoms with Crippen LogP contribution in [-0.4, -0.2) is 22.8 Å². The lowest BCUT2D eigenvalue weighted by Gasteiger charge is -2.26. The van der Waals surface area contributed by atoms with Gasteiger partial charge in [-0.2, -0.15) is 4.39 Å². The quantitative estimate of drug-likeness (QED) is 0.785. The number of benzene rings is 1. The van der Waals surface area contributed by atoms with Gasteiger partial charge in [0, 0.05) is 23.3 Å². The summed E-state index contributed by atoms with van der Waals surface area (Å²) in [7, 11) is 1.65. The molecule has 0 N–H and O–H groups in total. The summed E-state index contributed by atoms with van der Waals surface area (Å²) in [6, 6.07) is 7.43. The van der Waals surface area contributed by atoms with Crippen LogP contribution in [0, 0.1) is 5.95 Å². The largest absolute Gasteiger partial charge is 0.335 e. The highest BCUT2D eigenvalue weighted by atomic mass is 35.5. The molecule has 0 fully saturated rings. The molecule has 0 saturated heterocycles. The van der Waals surface area contributed by atoms with Crippen molar-refractivity contribution in [1.82, 2.24) is 9.88 Å². The number of amides is 1. The number of halogens is 3. The molecule has 1 unspecified atom stereocenters. The van der Waals surface area contributed by atoms with Gasteiger partial charge in [-0.1, -0.05) is 29.3 Å². The van der Waals surface area contributed by atoms with Crippen LogP contribution in [0.5, 0.6) is 0 Å². The molecular weight excluding hydrogens is 314 g/mol. The molecule has 1 aromatic carbocycles. The summed E-state index contributed by atoms with van der Waals surface area (Å²) in [6.07, 6.45) is 1.21. The first-order valence-electron chi connectivity index (χ1n) is 6.24. The van der Waals surface area contributed by atoms with Crippen LogP contribution < -0.4 is 0 Å². The fourth-order valence-corrected chi connectivity index (χ4v) is 2.50. The van der Waals surface area contributed by atoms with E-state index in [0.717, 1.165) is 11.6 Å². The normalized spacial score (nSPS) is 12.0. The summed E-state index contributed by atoms with van der Waals surface area (Å²) in [5.74, 6) is -0.885. The molecule has 1 heterocycles. The standard InChI is InChI=1S/C15H13Cl2FN2O/c1-9(12-5-4-11(16)7-13(12)17)20(2)15(21)10-3-6-14(18)19-8-10/h3-9H,1-2H3. The topological polar surface area (TPSA) is 33.2 Å². The zero-order chi connectivity index (χ0) is 15.6. The molecule has 0 spiro atoms. The van der Waals surface area contributed by atoms with Crippen LogP contribution in [0.4, 0.5) is 4.39 Å². The van der Waals surface area contributed by atoms with Gasteiger partial charge >= 0.3 is 0 Å². The summed E-state index contributed by atoms with van der Waals surface area (Å²) in [4.78, 5) is 17.3. The molecule has 110 valence electrons. The van der Waals surface area contributed by atoms with Crippen LogP contribution in [-0.2, 0) is 0 Å². The van der Waals surface area contributed by atoms with Crippen molar-refractivity contribution in [2.24, 2.45) is 0 Å². The number of carbonyl (C=O) groups excluding carboxylic acids is 1. The molecule has 0 aliphatic heterocycles. The predicted octanol–water partition coefficient (Wildman–Crippen LogP) is 4.36. The Kier molecular flexibility index (Phi) is 4.80. The number of rotatable bonds is 3. The predicted molar refractivity (Wildman–Crippen MR) is 81.2 cm³/mol. The smallest absolute Gasteiger partial charge is 0.255 e. The number of nitrogens with zero attached hydrogens (tertiary/aromatic N) is 2. The van der Waals surface area contributed by atoms with Gasteiger partial charge < -0.3 is 4.90 Å². The average Bonchev–Trinajstić information content (AvgIpc) is 2.46. The number of carbonyl (C=O) groups is 1. The van der Waals surface area contributed by atoms with Crippen molar-refractivity contribution < 1.29 is 9.18 Å². The highest BCUT2D eigenvalue weighted by Crippen LogP contribution is 2.29. The van der Waals surface area contributed by atoms with Crippen LogP contribution in [0.25, 0.3) is 0 Å². The fourth-order valence-electron chi connectivity index (χ4n) is 1.93. The first kappa shape index (κ1) is 15.7. The minimum absolute atomic E-state index is 0.257. The molecule has 0 aliphatic carbocycles. The maximum Gasteiger partial charge on any atom is 0.255 e. The number of hydrogen-bond acceptors (Lipinski definition) is 2. The first-order valence-corrected chi connectivity index (χ1v) is 6.99. The molecule has 21 heavy (non-hydrogen) atoms. The molecule has 2 aromatic rings. The number of hydrogen-bond donors (Lipinski definition) is 0. The summed E-state index contributed by atoms with van der Waals surface area (Å²) in [5.41, 5.74) is 1.10. The Labute approximate surface area is 132 Å². The fraction of sp³-hybridized carbons (Fsp3) is 0.200. The van der Waals surface area contributed by atoms with Crippen LogP contribution in [0.2, 0.25) is 10.0 Å². The Balaban J connectivity index is 2.24. The minimum Gasteiger partial charge on any atom is -0.335 e. The Hall–Kier alpha value is -1.65. The molecule has 1 amide bonds. The highest BCUT2D eigenvalue weighted by Gasteiger charge is 2.21. The van der Waals surface area contributed by atoms with Crippen molar-refractivity contribution in [1.29, 1.82) is 0 Å². The van der Waals surface area contributed by atoms with Crippen molar-refractivity contribution >= 4 is 29.1 Å². The summed E-state index contributed by atoms with van der Waals surface area (Å²) in [6.45, 7) is 1.85. The Morgan fingerprint density at radius 3 is 2.57 bits per heavy atom. The van der Waals surface area contributed by atoms with E-state index < -0.39 is 5.95 Å². The molecule has 6 heteroatoms. The Bertz CT molecular complexity index is 661. The van der Waals surface area contributed by atoms with E-state index in [4.69, 9.17) is 23.2 Å². The van der Waals surface area contributed by atoms with Gasteiger partial charge in [0.2, 0.25) is 5.95 Å². The van der Waals surface area contributed by atoms with Crippen LogP contribution in [0.1, 0.15) is 28.9 Å². The number of pyridine rings is 1. The van der Waals surface area contributed by atoms with E-state index in [9.17, 15) is 9.18 Å². The number of aromatic nitrogens is 1. The van der Waals surface area contributed by atoms with Crippen molar-refractivity contribution in [3.05, 3.63) is 63.6 Å². The van der Waals surface area contributed by atoms with Gasteiger partial charge in [-0.15, -0.1) is 0 Å². The van der Waals surface area contributed by atoms with Crippen molar-refractivity contribution in [2.45, 2.75) is 13.0 Å². The van der Waals surface area contributed by atoms with Crippen LogP contribution >= 0.6 is 23.2 Å².